The second-order valence-electron chi connectivity index (χ2n) is 34.5. The maximum Gasteiger partial charge on any atom is 0.277 e. The summed E-state index contributed by atoms with van der Waals surface area (Å²) in [5.74, 6) is 0. The predicted molar refractivity (Wildman–Crippen MR) is 564 cm³/mol. The lowest BCUT2D eigenvalue weighted by Gasteiger charge is -2.27. The van der Waals surface area contributed by atoms with Crippen LogP contribution in [0.1, 0.15) is 90.0 Å². The van der Waals surface area contributed by atoms with E-state index in [4.69, 9.17) is 0 Å². The average Bonchev–Trinajstić information content (AvgIpc) is 0.724. The van der Waals surface area contributed by atoms with E-state index < -0.39 is 250 Å². The van der Waals surface area contributed by atoms with Crippen molar-refractivity contribution in [3.8, 4) is 0 Å². The molecule has 0 aromatic heterocycles. The molecule has 0 fully saturated rings. The Balaban J connectivity index is 0.892. The normalized spacial score (nSPS) is 12.9. The number of hydrogen-bond acceptors (Lipinski definition) is 28. The van der Waals surface area contributed by atoms with Crippen LogP contribution >= 0.6 is 0 Å². The first kappa shape index (κ1) is 112. The largest absolute Gasteiger partial charge is 0.277 e. The Kier molecular flexibility index (Phi) is 31.9. The van der Waals surface area contributed by atoms with E-state index in [1.54, 1.807) is 55.4 Å². The van der Waals surface area contributed by atoms with Gasteiger partial charge in [-0.25, -0.2) is 118 Å². The zero-order valence-electron chi connectivity index (χ0n) is 80.6. The van der Waals surface area contributed by atoms with E-state index in [9.17, 15) is 67.3 Å². The number of aryl methyl sites for hydroxylation is 8. The Morgan fingerprint density at radius 2 is 0.235 bits per heavy atom. The molecule has 0 saturated carbocycles. The van der Waals surface area contributed by atoms with E-state index >= 15 is 50.5 Å². The SMILES string of the molecule is CCCCCCCCN(S(=O)(=O)c1ccc(N(S(=O)(=O)c2ccc(N(S(=O)(=O)c3ccc(C)cc3)S(=O)(=O)c3ccc(C)cc3)cc2)S(=O)(=O)c2ccc(N(S(=O)(=O)c3ccc(C)cc3)S(=O)(=O)c3ccc(C)cc3)cc2)cc1)S(=O)(=O)c1ccc(N(S(=O)(=O)c2ccc(N(S(=O)(=O)c3ccc(C)cc3)S(=O)(=O)c3ccc(C)cc3)cc2)S(=O)(=O)c2ccc(N(S(=O)(=O)c3ccc(C)cc3)S(=O)(=O)c3ccc(C)cc3)cc2)cc1. The molecule has 14 aromatic carbocycles. The van der Waals surface area contributed by atoms with E-state index in [-0.39, 0.29) is 38.8 Å². The van der Waals surface area contributed by atoms with E-state index in [0.29, 0.717) is 216 Å². The number of unbranched alkanes of at least 4 members (excludes halogenated alkanes) is 5. The van der Waals surface area contributed by atoms with Gasteiger partial charge in [0.2, 0.25) is 0 Å². The van der Waals surface area contributed by atoms with Crippen LogP contribution in [0.15, 0.2) is 408 Å². The summed E-state index contributed by atoms with van der Waals surface area (Å²) in [4.78, 5) is -10.9. The molecule has 0 atom stereocenters. The van der Waals surface area contributed by atoms with E-state index in [1.165, 1.54) is 97.1 Å². The molecule has 0 spiro atoms. The molecule has 35 nitrogen and oxygen atoms in total. The molecular formula is C100H97N7O28S14. The lowest BCUT2D eigenvalue weighted by Crippen LogP contribution is -2.39. The van der Waals surface area contributed by atoms with Crippen molar-refractivity contribution in [2.45, 2.75) is 169 Å². The number of anilines is 6. The van der Waals surface area contributed by atoms with Gasteiger partial charge in [0.05, 0.1) is 103 Å². The average molecular weight is 2290 g/mol. The summed E-state index contributed by atoms with van der Waals surface area (Å²) in [6, 6.07) is 55.0. The van der Waals surface area contributed by atoms with Crippen LogP contribution in [-0.4, -0.2) is 128 Å². The first-order chi connectivity index (χ1) is 69.7. The topological polar surface area (TPSA) is 501 Å². The number of hydrogen-bond donors (Lipinski definition) is 0. The molecule has 0 aliphatic heterocycles. The van der Waals surface area contributed by atoms with Gasteiger partial charge in [0.1, 0.15) is 0 Å². The maximum absolute atomic E-state index is 15.9. The lowest BCUT2D eigenvalue weighted by atomic mass is 10.1. The van der Waals surface area contributed by atoms with Gasteiger partial charge in [-0.3, -0.25) is 0 Å². The monoisotopic (exact) mass is 2290 g/mol. The van der Waals surface area contributed by atoms with E-state index in [0.717, 1.165) is 97.1 Å². The van der Waals surface area contributed by atoms with Gasteiger partial charge in [-0.05, 0) is 304 Å². The van der Waals surface area contributed by atoms with Crippen molar-refractivity contribution in [1.82, 2.24) is 3.71 Å². The molecule has 0 heterocycles. The molecular weight excluding hydrogens is 2200 g/mol. The molecule has 784 valence electrons. The quantitative estimate of drug-likeness (QED) is 0.0321. The van der Waals surface area contributed by atoms with Crippen molar-refractivity contribution in [2.75, 3.05) is 28.8 Å². The minimum absolute atomic E-state index is 0.0119. The van der Waals surface area contributed by atoms with Gasteiger partial charge in [-0.2, -0.15) is 22.3 Å². The number of benzene rings is 14. The van der Waals surface area contributed by atoms with Gasteiger partial charge in [0.25, 0.3) is 140 Å². The smallest absolute Gasteiger partial charge is 0.206 e. The highest BCUT2D eigenvalue weighted by molar-refractivity contribution is 8.13. The Bertz CT molecular complexity index is 7930. The number of rotatable bonds is 41. The standard InChI is InChI=1S/C100H97N7O28S14/c1-10-11-12-13-14-15-72-101(136(108,109)87-60-32-81(33-61-87)106(146(128,129)97-64-36-83(37-65-97)102(138(112,113)89-44-16-73(2)17-45-89)139(114,115)90-46-18-74(3)19-47-90)147(130,131)98-66-38-84(39-67-98)103(140(116,117)91-48-20-75(4)21-49-91)141(118,119)92-50-22-76(5)23-51-92)137(110,111)88-62-34-82(35-63-88)107(148(132,133)99-68-40-85(41-69-99)104(142(120,121)93-52-24-77(6)25-53-93)143(122,123)94-54-26-78(7)27-55-94)149(134,135)100-70-42-86(43-71-100)105(144(124,125)95-56-28-79(8)29-57-95)145(126,127)96-58-30-80(9)31-59-96/h16-71H,10-15,72H2,1-9H3. The number of nitrogens with zero attached hydrogens (tertiary/aromatic N) is 7. The van der Waals surface area contributed by atoms with Crippen LogP contribution in [0.25, 0.3) is 0 Å². The Morgan fingerprint density at radius 1 is 0.134 bits per heavy atom. The van der Waals surface area contributed by atoms with Crippen molar-refractivity contribution >= 4 is 174 Å². The summed E-state index contributed by atoms with van der Waals surface area (Å²) in [5, 5.41) is 0. The zero-order valence-corrected chi connectivity index (χ0v) is 92.0. The first-order valence-electron chi connectivity index (χ1n) is 44.9. The van der Waals surface area contributed by atoms with Crippen LogP contribution in [0.2, 0.25) is 0 Å². The van der Waals surface area contributed by atoms with Crippen LogP contribution in [0, 0.1) is 55.4 Å². The third kappa shape index (κ3) is 22.4. The minimum atomic E-state index is -5.91. The van der Waals surface area contributed by atoms with Crippen LogP contribution in [0.4, 0.5) is 34.1 Å². The summed E-state index contributed by atoms with van der Waals surface area (Å²) in [5.41, 5.74) is -0.583. The third-order valence-electron chi connectivity index (χ3n) is 23.5. The maximum atomic E-state index is 15.9. The van der Waals surface area contributed by atoms with Gasteiger partial charge in [-0.1, -0.05) is 184 Å². The molecule has 14 rings (SSSR count). The molecule has 0 radical (unpaired) electrons. The molecule has 0 N–H and O–H groups in total. The lowest BCUT2D eigenvalue weighted by molar-refractivity contribution is 0.479. The molecule has 0 amide bonds. The first-order valence-corrected chi connectivity index (χ1v) is 65.1. The van der Waals surface area contributed by atoms with Gasteiger partial charge in [0, 0.05) is 6.54 Å². The summed E-state index contributed by atoms with van der Waals surface area (Å²) in [7, 11) is -76.8. The molecule has 0 saturated heterocycles. The zero-order chi connectivity index (χ0) is 109. The van der Waals surface area contributed by atoms with Gasteiger partial charge >= 0.3 is 0 Å². The van der Waals surface area contributed by atoms with Crippen molar-refractivity contribution in [3.63, 3.8) is 0 Å². The third-order valence-corrected chi connectivity index (χ3v) is 53.1. The highest BCUT2D eigenvalue weighted by Crippen LogP contribution is 2.44. The Hall–Kier alpha value is -12.9. The fraction of sp³-hybridized carbons (Fsp3) is 0.160. The van der Waals surface area contributed by atoms with E-state index in [1.807, 2.05) is 6.92 Å². The van der Waals surface area contributed by atoms with Crippen molar-refractivity contribution < 1.29 is 118 Å². The van der Waals surface area contributed by atoms with Crippen molar-refractivity contribution in [2.24, 2.45) is 0 Å². The summed E-state index contributed by atoms with van der Waals surface area (Å²) < 4.78 is 427. The Morgan fingerprint density at radius 3 is 0.356 bits per heavy atom. The molecule has 0 aliphatic carbocycles. The summed E-state index contributed by atoms with van der Waals surface area (Å²) in [6.07, 6.45) is 2.22. The van der Waals surface area contributed by atoms with Crippen LogP contribution in [0.3, 0.4) is 0 Å². The van der Waals surface area contributed by atoms with Crippen LogP contribution in [-0.2, 0) is 140 Å². The summed E-state index contributed by atoms with van der Waals surface area (Å²) in [6.45, 7) is 13.9. The second-order valence-corrected chi connectivity index (χ2v) is 61.3. The molecule has 49 heteroatoms. The molecule has 0 unspecified atom stereocenters. The van der Waals surface area contributed by atoms with Crippen molar-refractivity contribution in [3.05, 3.63) is 384 Å². The predicted octanol–water partition coefficient (Wildman–Crippen LogP) is 16.4. The van der Waals surface area contributed by atoms with E-state index in [2.05, 4.69) is 0 Å². The number of sulfonamides is 14. The van der Waals surface area contributed by atoms with Crippen LogP contribution < -0.4 is 22.3 Å². The minimum Gasteiger partial charge on any atom is -0.206 e. The van der Waals surface area contributed by atoms with Gasteiger partial charge in [0.15, 0.2) is 0 Å². The fourth-order valence-corrected chi connectivity index (χ4v) is 41.2. The fourth-order valence-electron chi connectivity index (χ4n) is 15.3. The molecule has 0 aliphatic rings. The summed E-state index contributed by atoms with van der Waals surface area (Å²) >= 11 is 0. The van der Waals surface area contributed by atoms with Gasteiger partial charge in [-0.15, -0.1) is 0 Å². The van der Waals surface area contributed by atoms with Gasteiger partial charge < -0.3 is 0 Å². The molecule has 14 aromatic rings. The van der Waals surface area contributed by atoms with Crippen LogP contribution in [0.5, 0.6) is 0 Å². The molecule has 0 bridgehead atoms. The highest BCUT2D eigenvalue weighted by atomic mass is 32.3. The highest BCUT2D eigenvalue weighted by Gasteiger charge is 2.47. The Labute approximate surface area is 870 Å². The van der Waals surface area contributed by atoms with Crippen molar-refractivity contribution in [1.29, 1.82) is 0 Å². The molecule has 149 heavy (non-hydrogen) atoms. The second kappa shape index (κ2) is 42.5.